The summed E-state index contributed by atoms with van der Waals surface area (Å²) in [5.41, 5.74) is 1.38. The van der Waals surface area contributed by atoms with Crippen molar-refractivity contribution in [3.05, 3.63) is 75.2 Å². The Kier molecular flexibility index (Phi) is 4.42. The van der Waals surface area contributed by atoms with E-state index in [2.05, 4.69) is 9.72 Å². The third-order valence-electron chi connectivity index (χ3n) is 4.10. The monoisotopic (exact) mass is 323 g/mol. The lowest BCUT2D eigenvalue weighted by atomic mass is 9.85. The number of carbonyl (C=O) groups is 2. The quantitative estimate of drug-likeness (QED) is 0.881. The van der Waals surface area contributed by atoms with Crippen LogP contribution in [0, 0.1) is 5.92 Å². The number of hydrogen-bond acceptors (Lipinski definition) is 4. The predicted octanol–water partition coefficient (Wildman–Crippen LogP) is 2.62. The van der Waals surface area contributed by atoms with E-state index in [4.69, 9.17) is 0 Å². The van der Waals surface area contributed by atoms with Gasteiger partial charge in [0.2, 0.25) is 0 Å². The van der Waals surface area contributed by atoms with Gasteiger partial charge >= 0.3 is 5.97 Å². The fourth-order valence-electron chi connectivity index (χ4n) is 2.87. The van der Waals surface area contributed by atoms with Crippen LogP contribution in [0.2, 0.25) is 0 Å². The maximum Gasteiger partial charge on any atom is 0.343 e. The maximum absolute atomic E-state index is 12.4. The first-order valence-corrected chi connectivity index (χ1v) is 7.69. The first-order valence-electron chi connectivity index (χ1n) is 7.69. The first-order chi connectivity index (χ1) is 11.6. The van der Waals surface area contributed by atoms with Crippen LogP contribution in [-0.2, 0) is 11.2 Å². The van der Waals surface area contributed by atoms with Gasteiger partial charge < -0.3 is 9.72 Å². The highest BCUT2D eigenvalue weighted by Gasteiger charge is 2.26. The van der Waals surface area contributed by atoms with Gasteiger partial charge in [0.25, 0.3) is 5.56 Å². The van der Waals surface area contributed by atoms with Crippen LogP contribution in [-0.4, -0.2) is 23.8 Å². The molecule has 122 valence electrons. The molecule has 0 fully saturated rings. The number of methoxy groups -OCH3 is 1. The van der Waals surface area contributed by atoms with E-state index in [1.54, 1.807) is 0 Å². The van der Waals surface area contributed by atoms with Crippen LogP contribution in [0.1, 0.15) is 38.4 Å². The summed E-state index contributed by atoms with van der Waals surface area (Å²) < 4.78 is 4.57. The second kappa shape index (κ2) is 6.66. The molecule has 1 N–H and O–H groups in total. The minimum absolute atomic E-state index is 0.0184. The number of pyridine rings is 1. The largest absolute Gasteiger partial charge is 0.465 e. The van der Waals surface area contributed by atoms with Gasteiger partial charge in [-0.15, -0.1) is 0 Å². The van der Waals surface area contributed by atoms with Gasteiger partial charge in [-0.05, 0) is 24.0 Å². The van der Waals surface area contributed by atoms with Gasteiger partial charge in [0, 0.05) is 17.7 Å². The van der Waals surface area contributed by atoms with Crippen molar-refractivity contribution < 1.29 is 14.3 Å². The van der Waals surface area contributed by atoms with Gasteiger partial charge in [0.05, 0.1) is 7.11 Å². The van der Waals surface area contributed by atoms with E-state index >= 15 is 0 Å². The molecule has 0 spiro atoms. The molecule has 0 radical (unpaired) electrons. The Labute approximate surface area is 139 Å². The molecule has 1 atom stereocenters. The van der Waals surface area contributed by atoms with Crippen molar-refractivity contribution in [2.75, 3.05) is 7.11 Å². The molecule has 1 unspecified atom stereocenters. The summed E-state index contributed by atoms with van der Waals surface area (Å²) in [7, 11) is 1.20. The topological polar surface area (TPSA) is 76.2 Å². The number of carbonyl (C=O) groups excluding carboxylic acids is 2. The number of benzene rings is 1. The standard InChI is InChI=1S/C19H17NO4/c1-24-19(23)15-11-14-16(20-18(15)22)9-13(10-17(14)21)8-7-12-5-3-2-4-6-12/h2-8,11,13H,9-10H2,1H3,(H,20,22). The molecule has 0 saturated heterocycles. The van der Waals surface area contributed by atoms with Crippen LogP contribution >= 0.6 is 0 Å². The fourth-order valence-corrected chi connectivity index (χ4v) is 2.87. The predicted molar refractivity (Wildman–Crippen MR) is 90.0 cm³/mol. The number of ether oxygens (including phenoxy) is 1. The molecule has 3 rings (SSSR count). The van der Waals surface area contributed by atoms with E-state index in [0.717, 1.165) is 5.56 Å². The summed E-state index contributed by atoms with van der Waals surface area (Å²) in [6.45, 7) is 0. The van der Waals surface area contributed by atoms with Crippen molar-refractivity contribution in [3.63, 3.8) is 0 Å². The molecule has 1 aliphatic carbocycles. The number of esters is 1. The molecule has 5 nitrogen and oxygen atoms in total. The number of Topliss-reactive ketones (excluding diaryl/α,β-unsaturated/α-hetero) is 1. The number of fused-ring (bicyclic) bond motifs is 1. The average Bonchev–Trinajstić information content (AvgIpc) is 2.59. The molecule has 0 amide bonds. The number of hydrogen-bond donors (Lipinski definition) is 1. The van der Waals surface area contributed by atoms with E-state index in [1.807, 2.05) is 42.5 Å². The molecule has 0 saturated carbocycles. The molecule has 1 heterocycles. The number of nitrogens with one attached hydrogen (secondary N) is 1. The van der Waals surface area contributed by atoms with Crippen LogP contribution in [0.3, 0.4) is 0 Å². The summed E-state index contributed by atoms with van der Waals surface area (Å²) >= 11 is 0. The number of aromatic amines is 1. The summed E-state index contributed by atoms with van der Waals surface area (Å²) in [6.07, 6.45) is 4.87. The zero-order valence-electron chi connectivity index (χ0n) is 13.2. The number of aromatic nitrogens is 1. The Morgan fingerprint density at radius 3 is 2.67 bits per heavy atom. The number of allylic oxidation sites excluding steroid dienone is 1. The summed E-state index contributed by atoms with van der Waals surface area (Å²) in [5.74, 6) is -0.803. The Bertz CT molecular complexity index is 865. The lowest BCUT2D eigenvalue weighted by Crippen LogP contribution is -2.27. The van der Waals surface area contributed by atoms with Crippen molar-refractivity contribution in [2.24, 2.45) is 5.92 Å². The number of ketones is 1. The fraction of sp³-hybridized carbons (Fsp3) is 0.211. The van der Waals surface area contributed by atoms with Gasteiger partial charge in [-0.1, -0.05) is 42.5 Å². The van der Waals surface area contributed by atoms with Crippen molar-refractivity contribution in [1.29, 1.82) is 0 Å². The van der Waals surface area contributed by atoms with E-state index in [0.29, 0.717) is 24.1 Å². The van der Waals surface area contributed by atoms with Crippen LogP contribution in [0.5, 0.6) is 0 Å². The van der Waals surface area contributed by atoms with Gasteiger partial charge in [-0.25, -0.2) is 4.79 Å². The molecular formula is C19H17NO4. The van der Waals surface area contributed by atoms with Crippen molar-refractivity contribution in [2.45, 2.75) is 12.8 Å². The first kappa shape index (κ1) is 15.9. The highest BCUT2D eigenvalue weighted by atomic mass is 16.5. The Morgan fingerprint density at radius 1 is 1.21 bits per heavy atom. The van der Waals surface area contributed by atoms with Crippen molar-refractivity contribution in [1.82, 2.24) is 4.98 Å². The molecule has 24 heavy (non-hydrogen) atoms. The van der Waals surface area contributed by atoms with E-state index in [1.165, 1.54) is 13.2 Å². The maximum atomic E-state index is 12.4. The third-order valence-corrected chi connectivity index (χ3v) is 4.10. The van der Waals surface area contributed by atoms with Crippen molar-refractivity contribution >= 4 is 17.8 Å². The minimum atomic E-state index is -0.738. The lowest BCUT2D eigenvalue weighted by Gasteiger charge is -2.21. The lowest BCUT2D eigenvalue weighted by molar-refractivity contribution is 0.0598. The van der Waals surface area contributed by atoms with Crippen LogP contribution in [0.25, 0.3) is 6.08 Å². The van der Waals surface area contributed by atoms with Crippen LogP contribution in [0.15, 0.2) is 47.3 Å². The normalized spacial score (nSPS) is 16.9. The minimum Gasteiger partial charge on any atom is -0.465 e. The molecule has 1 aromatic heterocycles. The molecule has 0 bridgehead atoms. The van der Waals surface area contributed by atoms with Gasteiger partial charge in [0.1, 0.15) is 5.56 Å². The smallest absolute Gasteiger partial charge is 0.343 e. The number of H-pyrrole nitrogens is 1. The zero-order valence-corrected chi connectivity index (χ0v) is 13.2. The highest BCUT2D eigenvalue weighted by molar-refractivity contribution is 6.00. The highest BCUT2D eigenvalue weighted by Crippen LogP contribution is 2.25. The number of rotatable bonds is 3. The van der Waals surface area contributed by atoms with Gasteiger partial charge in [-0.3, -0.25) is 9.59 Å². The molecule has 0 aliphatic heterocycles. The average molecular weight is 323 g/mol. The summed E-state index contributed by atoms with van der Waals surface area (Å²) in [6, 6.07) is 11.2. The van der Waals surface area contributed by atoms with Gasteiger partial charge in [-0.2, -0.15) is 0 Å². The SMILES string of the molecule is COC(=O)c1cc2c([nH]c1=O)CC(C=Cc1ccccc1)CC2=O. The van der Waals surface area contributed by atoms with Crippen LogP contribution in [0.4, 0.5) is 0 Å². The van der Waals surface area contributed by atoms with Gasteiger partial charge in [0.15, 0.2) is 5.78 Å². The Hall–Kier alpha value is -2.95. The second-order valence-electron chi connectivity index (χ2n) is 5.76. The molecule has 1 aliphatic rings. The van der Waals surface area contributed by atoms with E-state index < -0.39 is 11.5 Å². The van der Waals surface area contributed by atoms with E-state index in [-0.39, 0.29) is 17.3 Å². The van der Waals surface area contributed by atoms with Crippen LogP contribution < -0.4 is 5.56 Å². The Morgan fingerprint density at radius 2 is 1.96 bits per heavy atom. The molecule has 1 aromatic carbocycles. The zero-order chi connectivity index (χ0) is 17.1. The molecular weight excluding hydrogens is 306 g/mol. The third kappa shape index (κ3) is 3.20. The van der Waals surface area contributed by atoms with E-state index in [9.17, 15) is 14.4 Å². The molecule has 2 aromatic rings. The summed E-state index contributed by atoms with van der Waals surface area (Å²) in [4.78, 5) is 38.6. The van der Waals surface area contributed by atoms with Crippen molar-refractivity contribution in [3.8, 4) is 0 Å². The second-order valence-corrected chi connectivity index (χ2v) is 5.76. The molecule has 5 heteroatoms. The Balaban J connectivity index is 1.87. The summed E-state index contributed by atoms with van der Waals surface area (Å²) in [5, 5.41) is 0.